The predicted molar refractivity (Wildman–Crippen MR) is 286 cm³/mol. The number of hydrogen-bond acceptors (Lipinski definition) is 15. The van der Waals surface area contributed by atoms with E-state index in [-0.39, 0.29) is 75.2 Å². The van der Waals surface area contributed by atoms with Gasteiger partial charge in [-0.25, -0.2) is 4.79 Å². The first-order valence-electron chi connectivity index (χ1n) is 26.0. The van der Waals surface area contributed by atoms with Crippen molar-refractivity contribution >= 4 is 65.1 Å². The molecule has 0 aliphatic carbocycles. The molecule has 1 aromatic carbocycles. The zero-order chi connectivity index (χ0) is 58.4. The van der Waals surface area contributed by atoms with Crippen molar-refractivity contribution in [3.8, 4) is 5.75 Å². The molecule has 0 radical (unpaired) electrons. The SMILES string of the molecule is CCCCC(N)C(=O)N[C@@H](Cc1ccc(O)cc1)C(=O)N[C@@H](C)C(=O)N[C@@H](CO)C(=O)N[C@@H](CCCCN)C(=O)N[C@@H](CC(C)C)C(=O)NCC(=O)N[C@@H](CC(C)C)C(=O)N[C@@H](C)C(=O)N[C@@H](CCCN=C(N)N)C(=O)O. The number of nitrogens with zero attached hydrogens (tertiary/aromatic N) is 1. The van der Waals surface area contributed by atoms with Gasteiger partial charge in [0.05, 0.1) is 19.2 Å². The average Bonchev–Trinajstić information content (AvgIpc) is 3.36. The van der Waals surface area contributed by atoms with E-state index in [9.17, 15) is 63.3 Å². The maximum absolute atomic E-state index is 13.9. The van der Waals surface area contributed by atoms with Crippen LogP contribution in [0.3, 0.4) is 0 Å². The van der Waals surface area contributed by atoms with Crippen molar-refractivity contribution in [3.63, 3.8) is 0 Å². The van der Waals surface area contributed by atoms with Crippen molar-refractivity contribution in [3.05, 3.63) is 29.8 Å². The summed E-state index contributed by atoms with van der Waals surface area (Å²) in [5.41, 5.74) is 22.9. The largest absolute Gasteiger partial charge is 0.508 e. The summed E-state index contributed by atoms with van der Waals surface area (Å²) in [4.78, 5) is 136. The summed E-state index contributed by atoms with van der Waals surface area (Å²) < 4.78 is 0. The highest BCUT2D eigenvalue weighted by atomic mass is 16.4. The highest BCUT2D eigenvalue weighted by molar-refractivity contribution is 5.98. The minimum atomic E-state index is -1.63. The molecule has 434 valence electrons. The standard InChI is InChI=1S/C50H86N14O13/c1-8-9-13-33(52)43(70)62-38(24-31-16-18-32(66)19-17-31)47(74)58-30(7)42(69)64-39(26-65)48(75)60-34(14-10-11-20-51)45(72)63-36(22-27(2)3)44(71)56-25-40(67)59-37(23-28(4)5)46(73)57-29(6)41(68)61-35(49(76)77)15-12-21-55-50(53)54/h16-19,27-30,33-39,65-66H,8-15,20-26,51-52H2,1-7H3,(H,56,71)(H,57,73)(H,58,74)(H,59,67)(H,60,75)(H,61,68)(H,62,70)(H,63,72)(H,64,69)(H,76,77)(H4,53,54,55)/t29-,30-,33?,34-,35-,36-,37-,38-,39-/m0/s1. The summed E-state index contributed by atoms with van der Waals surface area (Å²) in [5.74, 6) is -9.01. The Balaban J connectivity index is 3.11. The first-order valence-corrected chi connectivity index (χ1v) is 26.0. The molecule has 0 aromatic heterocycles. The van der Waals surface area contributed by atoms with Gasteiger partial charge in [-0.2, -0.15) is 0 Å². The number of phenols is 1. The third kappa shape index (κ3) is 27.5. The number of amides is 9. The number of benzene rings is 1. The summed E-state index contributed by atoms with van der Waals surface area (Å²) in [6.07, 6.45) is 3.00. The van der Waals surface area contributed by atoms with Gasteiger partial charge < -0.3 is 86.1 Å². The lowest BCUT2D eigenvalue weighted by Crippen LogP contribution is -2.60. The number of aliphatic carboxylic acids is 1. The van der Waals surface area contributed by atoms with Crippen LogP contribution < -0.4 is 70.8 Å². The first-order chi connectivity index (χ1) is 36.2. The molecule has 0 saturated heterocycles. The molecular formula is C50H86N14O13. The van der Waals surface area contributed by atoms with Gasteiger partial charge in [0.25, 0.3) is 0 Å². The fourth-order valence-electron chi connectivity index (χ4n) is 7.47. The highest BCUT2D eigenvalue weighted by Gasteiger charge is 2.33. The lowest BCUT2D eigenvalue weighted by Gasteiger charge is -2.26. The van der Waals surface area contributed by atoms with Gasteiger partial charge in [0.1, 0.15) is 54.1 Å². The summed E-state index contributed by atoms with van der Waals surface area (Å²) >= 11 is 0. The van der Waals surface area contributed by atoms with Gasteiger partial charge in [-0.15, -0.1) is 0 Å². The van der Waals surface area contributed by atoms with Gasteiger partial charge in [-0.3, -0.25) is 48.1 Å². The Labute approximate surface area is 450 Å². The van der Waals surface area contributed by atoms with Crippen LogP contribution in [-0.2, 0) is 54.4 Å². The van der Waals surface area contributed by atoms with Crippen LogP contribution >= 0.6 is 0 Å². The van der Waals surface area contributed by atoms with Crippen molar-refractivity contribution in [2.45, 2.75) is 173 Å². The number of nitrogens with one attached hydrogen (secondary N) is 9. The number of aliphatic hydroxyl groups is 1. The van der Waals surface area contributed by atoms with E-state index >= 15 is 0 Å². The third-order valence-corrected chi connectivity index (χ3v) is 11.8. The third-order valence-electron chi connectivity index (χ3n) is 11.8. The molecule has 1 rings (SSSR count). The second-order valence-corrected chi connectivity index (χ2v) is 19.7. The monoisotopic (exact) mass is 1090 g/mol. The lowest BCUT2D eigenvalue weighted by molar-refractivity contribution is -0.142. The summed E-state index contributed by atoms with van der Waals surface area (Å²) in [6, 6.07) is -5.41. The molecule has 0 bridgehead atoms. The number of phenolic OH excluding ortho intramolecular Hbond substituents is 1. The van der Waals surface area contributed by atoms with Crippen LogP contribution in [0.1, 0.15) is 118 Å². The second kappa shape index (κ2) is 36.0. The Bertz CT molecular complexity index is 2120. The van der Waals surface area contributed by atoms with Crippen molar-refractivity contribution in [1.82, 2.24) is 47.9 Å². The van der Waals surface area contributed by atoms with Gasteiger partial charge in [-0.1, -0.05) is 59.6 Å². The first kappa shape index (κ1) is 67.9. The van der Waals surface area contributed by atoms with E-state index in [1.165, 1.54) is 26.0 Å². The Morgan fingerprint density at radius 1 is 0.558 bits per heavy atom. The Morgan fingerprint density at radius 3 is 1.56 bits per heavy atom. The Kier molecular flexibility index (Phi) is 31.7. The van der Waals surface area contributed by atoms with E-state index in [2.05, 4.69) is 52.8 Å². The number of aliphatic imine (C=N–C) groups is 1. The molecule has 0 fully saturated rings. The van der Waals surface area contributed by atoms with Crippen LogP contribution in [0.25, 0.3) is 0 Å². The lowest BCUT2D eigenvalue weighted by atomic mass is 10.0. The molecule has 0 aliphatic heterocycles. The maximum Gasteiger partial charge on any atom is 0.326 e. The number of rotatable bonds is 37. The number of aliphatic hydroxyl groups excluding tert-OH is 1. The fourth-order valence-corrected chi connectivity index (χ4v) is 7.47. The van der Waals surface area contributed by atoms with Crippen LogP contribution in [0.15, 0.2) is 29.3 Å². The summed E-state index contributed by atoms with van der Waals surface area (Å²) in [7, 11) is 0. The molecule has 0 heterocycles. The molecule has 20 N–H and O–H groups in total. The molecule has 0 aliphatic rings. The van der Waals surface area contributed by atoms with Crippen LogP contribution in [0, 0.1) is 11.8 Å². The quantitative estimate of drug-likeness (QED) is 0.0178. The number of unbranched alkanes of at least 4 members (excludes halogenated alkanes) is 2. The number of carboxylic acids is 1. The van der Waals surface area contributed by atoms with E-state index in [0.717, 1.165) is 6.42 Å². The topological polar surface area (TPSA) is 456 Å². The van der Waals surface area contributed by atoms with Gasteiger partial charge in [-0.05, 0) is 101 Å². The number of carbonyl (C=O) groups is 10. The Hall–Kier alpha value is -7.13. The van der Waals surface area contributed by atoms with Crippen molar-refractivity contribution in [1.29, 1.82) is 0 Å². The van der Waals surface area contributed by atoms with Crippen molar-refractivity contribution < 1.29 is 63.3 Å². The highest BCUT2D eigenvalue weighted by Crippen LogP contribution is 2.13. The van der Waals surface area contributed by atoms with E-state index in [4.69, 9.17) is 22.9 Å². The van der Waals surface area contributed by atoms with Crippen molar-refractivity contribution in [2.24, 2.45) is 39.8 Å². The number of guanidine groups is 1. The molecular weight excluding hydrogens is 1000 g/mol. The molecule has 77 heavy (non-hydrogen) atoms. The smallest absolute Gasteiger partial charge is 0.326 e. The molecule has 27 nitrogen and oxygen atoms in total. The zero-order valence-corrected chi connectivity index (χ0v) is 45.4. The molecule has 0 saturated carbocycles. The minimum absolute atomic E-state index is 0.00503. The number of carbonyl (C=O) groups excluding carboxylic acids is 9. The van der Waals surface area contributed by atoms with Gasteiger partial charge >= 0.3 is 5.97 Å². The van der Waals surface area contributed by atoms with E-state index in [1.807, 2.05) is 6.92 Å². The number of hydrogen-bond donors (Lipinski definition) is 16. The number of nitrogens with two attached hydrogens (primary N) is 4. The van der Waals surface area contributed by atoms with Crippen LogP contribution in [-0.4, -0.2) is 161 Å². The average molecular weight is 1090 g/mol. The number of aromatic hydroxyl groups is 1. The summed E-state index contributed by atoms with van der Waals surface area (Å²) in [6.45, 7) is 10.5. The van der Waals surface area contributed by atoms with Gasteiger partial charge in [0.15, 0.2) is 5.96 Å². The molecule has 9 atom stereocenters. The van der Waals surface area contributed by atoms with E-state index in [0.29, 0.717) is 31.2 Å². The molecule has 27 heteroatoms. The molecule has 0 spiro atoms. The van der Waals surface area contributed by atoms with E-state index in [1.54, 1.807) is 39.8 Å². The normalized spacial score (nSPS) is 14.6. The van der Waals surface area contributed by atoms with Crippen LogP contribution in [0.2, 0.25) is 0 Å². The predicted octanol–water partition coefficient (Wildman–Crippen LogP) is -3.16. The molecule has 1 aromatic rings. The molecule has 1 unspecified atom stereocenters. The van der Waals surface area contributed by atoms with Gasteiger partial charge in [0.2, 0.25) is 53.2 Å². The van der Waals surface area contributed by atoms with E-state index < -0.39 is 127 Å². The minimum Gasteiger partial charge on any atom is -0.508 e. The maximum atomic E-state index is 13.9. The molecule has 9 amide bonds. The summed E-state index contributed by atoms with van der Waals surface area (Å²) in [5, 5.41) is 52.1. The van der Waals surface area contributed by atoms with Crippen molar-refractivity contribution in [2.75, 3.05) is 26.2 Å². The fraction of sp³-hybridized carbons (Fsp3) is 0.660. The zero-order valence-electron chi connectivity index (χ0n) is 45.4. The van der Waals surface area contributed by atoms with Crippen LogP contribution in [0.4, 0.5) is 0 Å². The number of carboxylic acid groups (broad SMARTS) is 1. The van der Waals surface area contributed by atoms with Crippen LogP contribution in [0.5, 0.6) is 5.75 Å². The Morgan fingerprint density at radius 2 is 1.04 bits per heavy atom. The van der Waals surface area contributed by atoms with Gasteiger partial charge in [0, 0.05) is 13.0 Å². The second-order valence-electron chi connectivity index (χ2n) is 19.7.